The molecule has 36 heavy (non-hydrogen) atoms. The van der Waals surface area contributed by atoms with Crippen LogP contribution in [0.2, 0.25) is 0 Å². The third kappa shape index (κ3) is 7.70. The van der Waals surface area contributed by atoms with Gasteiger partial charge in [-0.3, -0.25) is 9.59 Å². The summed E-state index contributed by atoms with van der Waals surface area (Å²) in [6.45, 7) is 10.9. The quantitative estimate of drug-likeness (QED) is 0.395. The van der Waals surface area contributed by atoms with E-state index in [2.05, 4.69) is 19.2 Å². The van der Waals surface area contributed by atoms with Gasteiger partial charge in [-0.15, -0.1) is 0 Å². The first-order chi connectivity index (χ1) is 17.2. The van der Waals surface area contributed by atoms with Gasteiger partial charge in [0.2, 0.25) is 5.91 Å². The van der Waals surface area contributed by atoms with Crippen molar-refractivity contribution in [3.05, 3.63) is 101 Å². The average molecular weight is 487 g/mol. The summed E-state index contributed by atoms with van der Waals surface area (Å²) in [6.07, 6.45) is 0.423. The SMILES string of the molecule is Cc1ccc(OCC(=O)N(Cc2ccccc2C)C(Cc2ccccc2)C(=O)NCC(C)C)c(C)c1. The fourth-order valence-electron chi connectivity index (χ4n) is 4.13. The van der Waals surface area contributed by atoms with Crippen LogP contribution in [-0.2, 0) is 22.6 Å². The molecule has 0 fully saturated rings. The molecule has 3 aromatic carbocycles. The third-order valence-electron chi connectivity index (χ3n) is 6.24. The Hall–Kier alpha value is -3.60. The van der Waals surface area contributed by atoms with Crippen LogP contribution < -0.4 is 10.1 Å². The highest BCUT2D eigenvalue weighted by Crippen LogP contribution is 2.21. The molecule has 0 aromatic heterocycles. The first-order valence-corrected chi connectivity index (χ1v) is 12.6. The second kappa shape index (κ2) is 12.9. The molecule has 1 N–H and O–H groups in total. The fourth-order valence-corrected chi connectivity index (χ4v) is 4.13. The van der Waals surface area contributed by atoms with E-state index in [1.54, 1.807) is 4.90 Å². The van der Waals surface area contributed by atoms with Gasteiger partial charge in [-0.1, -0.05) is 86.1 Å². The van der Waals surface area contributed by atoms with Crippen molar-refractivity contribution in [3.8, 4) is 5.75 Å². The van der Waals surface area contributed by atoms with Crippen molar-refractivity contribution in [1.29, 1.82) is 0 Å². The monoisotopic (exact) mass is 486 g/mol. The summed E-state index contributed by atoms with van der Waals surface area (Å²) in [5, 5.41) is 3.05. The fraction of sp³-hybridized carbons (Fsp3) is 0.355. The van der Waals surface area contributed by atoms with E-state index in [0.717, 1.165) is 27.8 Å². The number of ether oxygens (including phenoxy) is 1. The first-order valence-electron chi connectivity index (χ1n) is 12.6. The van der Waals surface area contributed by atoms with E-state index in [-0.39, 0.29) is 18.4 Å². The number of nitrogens with zero attached hydrogens (tertiary/aromatic N) is 1. The molecule has 0 bridgehead atoms. The molecule has 5 heteroatoms. The van der Waals surface area contributed by atoms with Crippen molar-refractivity contribution < 1.29 is 14.3 Å². The molecule has 0 spiro atoms. The van der Waals surface area contributed by atoms with Crippen molar-refractivity contribution in [3.63, 3.8) is 0 Å². The molecule has 0 aliphatic carbocycles. The maximum absolute atomic E-state index is 13.7. The van der Waals surface area contributed by atoms with E-state index in [1.165, 1.54) is 0 Å². The van der Waals surface area contributed by atoms with Crippen LogP contribution in [0.3, 0.4) is 0 Å². The Bertz CT molecular complexity index is 1160. The molecule has 190 valence electrons. The predicted octanol–water partition coefficient (Wildman–Crippen LogP) is 5.40. The Morgan fingerprint density at radius 1 is 0.889 bits per heavy atom. The number of hydrogen-bond donors (Lipinski definition) is 1. The summed E-state index contributed by atoms with van der Waals surface area (Å²) >= 11 is 0. The van der Waals surface area contributed by atoms with Crippen molar-refractivity contribution in [2.45, 2.75) is 53.6 Å². The number of carbonyl (C=O) groups is 2. The lowest BCUT2D eigenvalue weighted by Gasteiger charge is -2.32. The Morgan fingerprint density at radius 2 is 1.58 bits per heavy atom. The number of hydrogen-bond acceptors (Lipinski definition) is 3. The summed E-state index contributed by atoms with van der Waals surface area (Å²) < 4.78 is 5.96. The van der Waals surface area contributed by atoms with Gasteiger partial charge in [-0.25, -0.2) is 0 Å². The Balaban J connectivity index is 1.92. The molecule has 3 rings (SSSR count). The summed E-state index contributed by atoms with van der Waals surface area (Å²) in [6, 6.07) is 23.0. The molecule has 1 unspecified atom stereocenters. The molecule has 2 amide bonds. The van der Waals surface area contributed by atoms with E-state index in [0.29, 0.717) is 31.2 Å². The molecule has 0 aliphatic heterocycles. The minimum atomic E-state index is -0.666. The topological polar surface area (TPSA) is 58.6 Å². The number of nitrogens with one attached hydrogen (secondary N) is 1. The summed E-state index contributed by atoms with van der Waals surface area (Å²) in [5.41, 5.74) is 5.19. The van der Waals surface area contributed by atoms with E-state index in [9.17, 15) is 9.59 Å². The molecular weight excluding hydrogens is 448 g/mol. The summed E-state index contributed by atoms with van der Waals surface area (Å²) in [7, 11) is 0. The number of rotatable bonds is 11. The normalized spacial score (nSPS) is 11.7. The highest BCUT2D eigenvalue weighted by atomic mass is 16.5. The van der Waals surface area contributed by atoms with Crippen molar-refractivity contribution in [2.24, 2.45) is 5.92 Å². The zero-order chi connectivity index (χ0) is 26.1. The van der Waals surface area contributed by atoms with Gasteiger partial charge in [-0.2, -0.15) is 0 Å². The Morgan fingerprint density at radius 3 is 2.25 bits per heavy atom. The van der Waals surface area contributed by atoms with Crippen LogP contribution in [0.25, 0.3) is 0 Å². The van der Waals surface area contributed by atoms with Gasteiger partial charge in [0, 0.05) is 19.5 Å². The second-order valence-corrected chi connectivity index (χ2v) is 9.85. The zero-order valence-corrected chi connectivity index (χ0v) is 22.1. The van der Waals surface area contributed by atoms with Gasteiger partial charge in [0.05, 0.1) is 0 Å². The van der Waals surface area contributed by atoms with Gasteiger partial charge in [-0.05, 0) is 55.0 Å². The molecule has 1 atom stereocenters. The van der Waals surface area contributed by atoms with Crippen LogP contribution in [0.15, 0.2) is 72.8 Å². The van der Waals surface area contributed by atoms with Crippen molar-refractivity contribution in [1.82, 2.24) is 10.2 Å². The number of aryl methyl sites for hydroxylation is 3. The Labute approximate surface area is 215 Å². The standard InChI is InChI=1S/C31H38N2O3/c1-22(2)19-32-31(35)28(18-26-12-7-6-8-13-26)33(20-27-14-10-9-11-24(27)4)30(34)21-36-29-16-15-23(3)17-25(29)5/h6-17,22,28H,18-21H2,1-5H3,(H,32,35). The smallest absolute Gasteiger partial charge is 0.261 e. The maximum Gasteiger partial charge on any atom is 0.261 e. The molecular formula is C31H38N2O3. The highest BCUT2D eigenvalue weighted by molar-refractivity contribution is 5.88. The van der Waals surface area contributed by atoms with Gasteiger partial charge >= 0.3 is 0 Å². The third-order valence-corrected chi connectivity index (χ3v) is 6.24. The molecule has 0 heterocycles. The van der Waals surface area contributed by atoms with Crippen molar-refractivity contribution >= 4 is 11.8 Å². The number of benzene rings is 3. The van der Waals surface area contributed by atoms with E-state index < -0.39 is 6.04 Å². The van der Waals surface area contributed by atoms with E-state index in [1.807, 2.05) is 93.6 Å². The lowest BCUT2D eigenvalue weighted by molar-refractivity contribution is -0.142. The minimum Gasteiger partial charge on any atom is -0.483 e. The predicted molar refractivity (Wildman–Crippen MR) is 145 cm³/mol. The number of carbonyl (C=O) groups excluding carboxylic acids is 2. The molecule has 0 radical (unpaired) electrons. The molecule has 0 aliphatic rings. The van der Waals surface area contributed by atoms with Crippen molar-refractivity contribution in [2.75, 3.05) is 13.2 Å². The lowest BCUT2D eigenvalue weighted by atomic mass is 10.0. The van der Waals surface area contributed by atoms with Crippen LogP contribution >= 0.6 is 0 Å². The first kappa shape index (κ1) is 27.0. The van der Waals surface area contributed by atoms with Gasteiger partial charge in [0.15, 0.2) is 6.61 Å². The zero-order valence-electron chi connectivity index (χ0n) is 22.1. The summed E-state index contributed by atoms with van der Waals surface area (Å²) in [4.78, 5) is 28.9. The van der Waals surface area contributed by atoms with Crippen LogP contribution in [-0.4, -0.2) is 35.9 Å². The van der Waals surface area contributed by atoms with E-state index in [4.69, 9.17) is 4.74 Å². The molecule has 3 aromatic rings. The van der Waals surface area contributed by atoms with Gasteiger partial charge in [0.1, 0.15) is 11.8 Å². The minimum absolute atomic E-state index is 0.140. The van der Waals surface area contributed by atoms with Crippen LogP contribution in [0, 0.1) is 26.7 Å². The largest absolute Gasteiger partial charge is 0.483 e. The van der Waals surface area contributed by atoms with Gasteiger partial charge < -0.3 is 15.0 Å². The van der Waals surface area contributed by atoms with Gasteiger partial charge in [0.25, 0.3) is 5.91 Å². The second-order valence-electron chi connectivity index (χ2n) is 9.85. The number of amides is 2. The maximum atomic E-state index is 13.7. The molecule has 0 saturated heterocycles. The highest BCUT2D eigenvalue weighted by Gasteiger charge is 2.31. The summed E-state index contributed by atoms with van der Waals surface area (Å²) in [5.74, 6) is 0.605. The van der Waals surface area contributed by atoms with Crippen LogP contribution in [0.5, 0.6) is 5.75 Å². The molecule has 0 saturated carbocycles. The van der Waals surface area contributed by atoms with Crippen LogP contribution in [0.1, 0.15) is 41.7 Å². The van der Waals surface area contributed by atoms with E-state index >= 15 is 0 Å². The lowest BCUT2D eigenvalue weighted by Crippen LogP contribution is -2.52. The average Bonchev–Trinajstić information content (AvgIpc) is 2.85. The van der Waals surface area contributed by atoms with Crippen LogP contribution in [0.4, 0.5) is 0 Å². The Kier molecular flexibility index (Phi) is 9.69. The molecule has 5 nitrogen and oxygen atoms in total.